The Morgan fingerprint density at radius 2 is 0.760 bits per heavy atom. The van der Waals surface area contributed by atoms with E-state index in [0.717, 1.165) is 38.5 Å². The molecule has 1 aliphatic rings. The SMILES string of the molecule is CCCCCCCCCCCCCCCC/C=C/CC/C=C/C(O)C(COC1OC(CO)C(O)C(O)C1O)NC(=O)CCCCCCCCCCCCCCCCCCCCCCCCCCCCCCCCCC. The van der Waals surface area contributed by atoms with Crippen LogP contribution in [0.4, 0.5) is 0 Å². The molecule has 7 unspecified atom stereocenters. The molecule has 0 radical (unpaired) electrons. The van der Waals surface area contributed by atoms with Crippen LogP contribution in [-0.2, 0) is 14.3 Å². The van der Waals surface area contributed by atoms with E-state index in [9.17, 15) is 30.3 Å². The highest BCUT2D eigenvalue weighted by Gasteiger charge is 2.44. The standard InChI is InChI=1S/C66H127NO8/c1-3-5-7-9-11-13-15-17-19-21-23-25-26-27-28-29-30-31-32-33-34-35-36-38-40-42-44-46-48-50-52-54-56-62(70)67-59(58-74-66-65(73)64(72)63(71)61(57-68)75-66)60(69)55-53-51-49-47-45-43-41-39-37-24-22-20-18-16-14-12-10-8-6-4-2/h45,47,53,55,59-61,63-66,68-69,71-73H,3-44,46,48-52,54,56-58H2,1-2H3,(H,67,70)/b47-45+,55-53+. The van der Waals surface area contributed by atoms with Crippen molar-refractivity contribution >= 4 is 5.91 Å². The van der Waals surface area contributed by atoms with Crippen molar-refractivity contribution in [2.45, 2.75) is 378 Å². The van der Waals surface area contributed by atoms with Gasteiger partial charge in [0.25, 0.3) is 0 Å². The van der Waals surface area contributed by atoms with E-state index in [2.05, 4.69) is 31.3 Å². The van der Waals surface area contributed by atoms with Crippen molar-refractivity contribution in [3.05, 3.63) is 24.3 Å². The number of carbonyl (C=O) groups excluding carboxylic acids is 1. The van der Waals surface area contributed by atoms with Gasteiger partial charge in [-0.15, -0.1) is 0 Å². The van der Waals surface area contributed by atoms with E-state index in [-0.39, 0.29) is 12.5 Å². The van der Waals surface area contributed by atoms with Gasteiger partial charge in [0.05, 0.1) is 25.4 Å². The predicted molar refractivity (Wildman–Crippen MR) is 318 cm³/mol. The quantitative estimate of drug-likeness (QED) is 0.0261. The molecule has 7 atom stereocenters. The first-order chi connectivity index (χ1) is 36.8. The van der Waals surface area contributed by atoms with Crippen LogP contribution >= 0.6 is 0 Å². The summed E-state index contributed by atoms with van der Waals surface area (Å²) >= 11 is 0. The second kappa shape index (κ2) is 56.0. The van der Waals surface area contributed by atoms with Gasteiger partial charge >= 0.3 is 0 Å². The molecule has 1 heterocycles. The van der Waals surface area contributed by atoms with Gasteiger partial charge in [-0.2, -0.15) is 0 Å². The predicted octanol–water partition coefficient (Wildman–Crippen LogP) is 17.3. The van der Waals surface area contributed by atoms with Gasteiger partial charge in [0.2, 0.25) is 5.91 Å². The molecule has 0 aromatic rings. The summed E-state index contributed by atoms with van der Waals surface area (Å²) in [7, 11) is 0. The third-order valence-corrected chi connectivity index (χ3v) is 16.0. The van der Waals surface area contributed by atoms with Crippen LogP contribution < -0.4 is 5.32 Å². The number of hydrogen-bond donors (Lipinski definition) is 6. The number of allylic oxidation sites excluding steroid dienone is 3. The van der Waals surface area contributed by atoms with Crippen molar-refractivity contribution < 1.29 is 39.8 Å². The molecule has 444 valence electrons. The molecule has 1 fully saturated rings. The molecule has 1 aliphatic heterocycles. The van der Waals surface area contributed by atoms with Crippen LogP contribution in [0.1, 0.15) is 335 Å². The monoisotopic (exact) mass is 1060 g/mol. The third-order valence-electron chi connectivity index (χ3n) is 16.0. The minimum atomic E-state index is -1.57. The molecule has 1 saturated heterocycles. The van der Waals surface area contributed by atoms with Crippen molar-refractivity contribution in [1.29, 1.82) is 0 Å². The van der Waals surface area contributed by atoms with E-state index < -0.39 is 49.5 Å². The lowest BCUT2D eigenvalue weighted by Gasteiger charge is -2.40. The number of rotatable bonds is 58. The lowest BCUT2D eigenvalue weighted by molar-refractivity contribution is -0.302. The normalized spacial score (nSPS) is 18.9. The zero-order valence-electron chi connectivity index (χ0n) is 49.6. The average Bonchev–Trinajstić information content (AvgIpc) is 3.41. The molecule has 9 nitrogen and oxygen atoms in total. The summed E-state index contributed by atoms with van der Waals surface area (Å²) in [6, 6.07) is -0.819. The molecule has 0 aliphatic carbocycles. The molecule has 0 bridgehead atoms. The first-order valence-corrected chi connectivity index (χ1v) is 33.1. The highest BCUT2D eigenvalue weighted by molar-refractivity contribution is 5.76. The van der Waals surface area contributed by atoms with Crippen molar-refractivity contribution in [2.24, 2.45) is 0 Å². The van der Waals surface area contributed by atoms with E-state index in [4.69, 9.17) is 9.47 Å². The van der Waals surface area contributed by atoms with Crippen molar-refractivity contribution in [2.75, 3.05) is 13.2 Å². The van der Waals surface area contributed by atoms with Crippen molar-refractivity contribution in [1.82, 2.24) is 5.32 Å². The van der Waals surface area contributed by atoms with Gasteiger partial charge < -0.3 is 40.3 Å². The minimum absolute atomic E-state index is 0.179. The fourth-order valence-corrected chi connectivity index (χ4v) is 10.8. The highest BCUT2D eigenvalue weighted by Crippen LogP contribution is 2.23. The molecular formula is C66H127NO8. The van der Waals surface area contributed by atoms with E-state index in [1.807, 2.05) is 6.08 Å². The number of aliphatic hydroxyl groups excluding tert-OH is 5. The number of unbranched alkanes of at least 4 members (excludes halogenated alkanes) is 46. The summed E-state index contributed by atoms with van der Waals surface area (Å²) in [5.41, 5.74) is 0. The summed E-state index contributed by atoms with van der Waals surface area (Å²) in [4.78, 5) is 13.1. The first-order valence-electron chi connectivity index (χ1n) is 33.1. The smallest absolute Gasteiger partial charge is 0.220 e. The average molecular weight is 1060 g/mol. The molecule has 1 amide bonds. The molecular weight excluding hydrogens is 935 g/mol. The summed E-state index contributed by atoms with van der Waals surface area (Å²) in [6.45, 7) is 3.81. The molecule has 9 heteroatoms. The Kier molecular flexibility index (Phi) is 53.5. The highest BCUT2D eigenvalue weighted by atomic mass is 16.7. The molecule has 0 aromatic carbocycles. The van der Waals surface area contributed by atoms with E-state index in [0.29, 0.717) is 6.42 Å². The number of carbonyl (C=O) groups is 1. The number of aliphatic hydroxyl groups is 5. The molecule has 6 N–H and O–H groups in total. The van der Waals surface area contributed by atoms with Gasteiger partial charge in [-0.1, -0.05) is 321 Å². The van der Waals surface area contributed by atoms with Gasteiger partial charge in [-0.05, 0) is 32.1 Å². The topological polar surface area (TPSA) is 149 Å². The summed E-state index contributed by atoms with van der Waals surface area (Å²) in [5, 5.41) is 54.6. The number of hydrogen-bond acceptors (Lipinski definition) is 8. The lowest BCUT2D eigenvalue weighted by atomic mass is 9.99. The largest absolute Gasteiger partial charge is 0.394 e. The van der Waals surface area contributed by atoms with Gasteiger partial charge in [-0.3, -0.25) is 4.79 Å². The summed E-state index contributed by atoms with van der Waals surface area (Å²) in [6.07, 6.45) is 65.7. The fraction of sp³-hybridized carbons (Fsp3) is 0.924. The number of ether oxygens (including phenoxy) is 2. The maximum Gasteiger partial charge on any atom is 0.220 e. The Bertz CT molecular complexity index is 1230. The Hall–Kier alpha value is -1.33. The van der Waals surface area contributed by atoms with Gasteiger partial charge in [0.1, 0.15) is 24.4 Å². The van der Waals surface area contributed by atoms with Crippen LogP contribution in [0, 0.1) is 0 Å². The molecule has 0 saturated carbocycles. The first kappa shape index (κ1) is 71.7. The Morgan fingerprint density at radius 1 is 0.440 bits per heavy atom. The van der Waals surface area contributed by atoms with E-state index in [1.165, 1.54) is 276 Å². The van der Waals surface area contributed by atoms with E-state index in [1.54, 1.807) is 6.08 Å². The summed E-state index contributed by atoms with van der Waals surface area (Å²) in [5.74, 6) is -0.179. The Balaban J connectivity index is 2.13. The zero-order chi connectivity index (χ0) is 54.3. The molecule has 1 rings (SSSR count). The number of amides is 1. The molecule has 75 heavy (non-hydrogen) atoms. The van der Waals surface area contributed by atoms with Gasteiger partial charge in [0.15, 0.2) is 6.29 Å². The van der Waals surface area contributed by atoms with Gasteiger partial charge in [-0.25, -0.2) is 0 Å². The van der Waals surface area contributed by atoms with Crippen LogP contribution in [0.5, 0.6) is 0 Å². The third kappa shape index (κ3) is 45.1. The van der Waals surface area contributed by atoms with Gasteiger partial charge in [0, 0.05) is 6.42 Å². The second-order valence-corrected chi connectivity index (χ2v) is 23.3. The molecule has 0 aromatic heterocycles. The van der Waals surface area contributed by atoms with Crippen LogP contribution in [0.15, 0.2) is 24.3 Å². The maximum atomic E-state index is 13.1. The Morgan fingerprint density at radius 3 is 1.12 bits per heavy atom. The fourth-order valence-electron chi connectivity index (χ4n) is 10.8. The second-order valence-electron chi connectivity index (χ2n) is 23.3. The van der Waals surface area contributed by atoms with Crippen LogP contribution in [-0.4, -0.2) is 87.5 Å². The molecule has 0 spiro atoms. The number of nitrogens with one attached hydrogen (secondary N) is 1. The van der Waals surface area contributed by atoms with Crippen LogP contribution in [0.3, 0.4) is 0 Å². The van der Waals surface area contributed by atoms with E-state index >= 15 is 0 Å². The maximum absolute atomic E-state index is 13.1. The van der Waals surface area contributed by atoms with Crippen molar-refractivity contribution in [3.63, 3.8) is 0 Å². The Labute approximate surface area is 464 Å². The lowest BCUT2D eigenvalue weighted by Crippen LogP contribution is -2.60. The van der Waals surface area contributed by atoms with Crippen molar-refractivity contribution in [3.8, 4) is 0 Å². The summed E-state index contributed by atoms with van der Waals surface area (Å²) < 4.78 is 11.3. The minimum Gasteiger partial charge on any atom is -0.394 e. The zero-order valence-corrected chi connectivity index (χ0v) is 49.6. The van der Waals surface area contributed by atoms with Crippen LogP contribution in [0.25, 0.3) is 0 Å². The van der Waals surface area contributed by atoms with Crippen LogP contribution in [0.2, 0.25) is 0 Å².